The lowest BCUT2D eigenvalue weighted by Crippen LogP contribution is -2.22. The highest BCUT2D eigenvalue weighted by Crippen LogP contribution is 2.28. The fourth-order valence-corrected chi connectivity index (χ4v) is 2.52. The molecule has 3 rings (SSSR count). The average Bonchev–Trinajstić information content (AvgIpc) is 2.84. The van der Waals surface area contributed by atoms with Crippen molar-refractivity contribution >= 4 is 0 Å². The lowest BCUT2D eigenvalue weighted by atomic mass is 9.92. The van der Waals surface area contributed by atoms with E-state index < -0.39 is 0 Å². The van der Waals surface area contributed by atoms with Gasteiger partial charge in [-0.05, 0) is 26.3 Å². The summed E-state index contributed by atoms with van der Waals surface area (Å²) < 4.78 is 1.77. The number of hydrogen-bond acceptors (Lipinski definition) is 4. The van der Waals surface area contributed by atoms with Gasteiger partial charge in [0.2, 0.25) is 0 Å². The zero-order valence-electron chi connectivity index (χ0n) is 10.7. The molecule has 2 heterocycles. The maximum atomic E-state index is 4.69. The number of aromatic nitrogens is 4. The van der Waals surface area contributed by atoms with E-state index >= 15 is 0 Å². The maximum Gasteiger partial charge on any atom is 0.162 e. The summed E-state index contributed by atoms with van der Waals surface area (Å²) in [6.45, 7) is 0. The molecule has 1 N–H and O–H groups in total. The molecule has 1 unspecified atom stereocenters. The zero-order valence-corrected chi connectivity index (χ0v) is 10.7. The van der Waals surface area contributed by atoms with Gasteiger partial charge in [0.25, 0.3) is 0 Å². The fraction of sp³-hybridized carbons (Fsp3) is 0.462. The lowest BCUT2D eigenvalue weighted by Gasteiger charge is -2.23. The monoisotopic (exact) mass is 243 g/mol. The highest BCUT2D eigenvalue weighted by atomic mass is 15.2. The molecule has 0 saturated heterocycles. The number of nitrogens with zero attached hydrogens (tertiary/aromatic N) is 4. The zero-order chi connectivity index (χ0) is 12.5. The molecule has 18 heavy (non-hydrogen) atoms. The van der Waals surface area contributed by atoms with E-state index in [1.807, 2.05) is 26.5 Å². The second-order valence-electron chi connectivity index (χ2n) is 4.73. The molecule has 1 aliphatic carbocycles. The highest BCUT2D eigenvalue weighted by Gasteiger charge is 2.21. The first-order valence-corrected chi connectivity index (χ1v) is 6.30. The average molecular weight is 243 g/mol. The summed E-state index contributed by atoms with van der Waals surface area (Å²) in [4.78, 5) is 9.16. The van der Waals surface area contributed by atoms with Gasteiger partial charge >= 0.3 is 0 Å². The van der Waals surface area contributed by atoms with Crippen molar-refractivity contribution in [1.29, 1.82) is 0 Å². The van der Waals surface area contributed by atoms with Gasteiger partial charge in [0, 0.05) is 36.7 Å². The first-order chi connectivity index (χ1) is 8.78. The Morgan fingerprint density at radius 3 is 3.00 bits per heavy atom. The topological polar surface area (TPSA) is 55.6 Å². The molecule has 0 aromatic carbocycles. The molecule has 0 saturated carbocycles. The number of nitrogens with one attached hydrogen (secondary N) is 1. The molecule has 0 bridgehead atoms. The summed E-state index contributed by atoms with van der Waals surface area (Å²) in [5.41, 5.74) is 3.40. The third-order valence-electron chi connectivity index (χ3n) is 3.49. The molecule has 0 radical (unpaired) electrons. The molecule has 94 valence electrons. The van der Waals surface area contributed by atoms with Gasteiger partial charge in [0.15, 0.2) is 5.82 Å². The van der Waals surface area contributed by atoms with E-state index in [0.717, 1.165) is 17.8 Å². The van der Waals surface area contributed by atoms with Gasteiger partial charge in [-0.15, -0.1) is 0 Å². The van der Waals surface area contributed by atoms with Crippen LogP contribution in [0.15, 0.2) is 18.6 Å². The van der Waals surface area contributed by atoms with Crippen LogP contribution in [0.4, 0.5) is 0 Å². The molecule has 0 aliphatic heterocycles. The molecule has 5 nitrogen and oxygen atoms in total. The van der Waals surface area contributed by atoms with Crippen molar-refractivity contribution in [3.63, 3.8) is 0 Å². The van der Waals surface area contributed by atoms with Crippen molar-refractivity contribution < 1.29 is 0 Å². The minimum Gasteiger partial charge on any atom is -0.313 e. The summed E-state index contributed by atoms with van der Waals surface area (Å²) in [5.74, 6) is 0.776. The molecule has 5 heteroatoms. The van der Waals surface area contributed by atoms with Crippen molar-refractivity contribution in [3.8, 4) is 11.4 Å². The smallest absolute Gasteiger partial charge is 0.162 e. The molecular formula is C13H17N5. The molecule has 1 aliphatic rings. The summed E-state index contributed by atoms with van der Waals surface area (Å²) in [6.07, 6.45) is 9.11. The minimum atomic E-state index is 0.400. The Morgan fingerprint density at radius 1 is 1.39 bits per heavy atom. The van der Waals surface area contributed by atoms with Gasteiger partial charge in [-0.2, -0.15) is 5.10 Å². The van der Waals surface area contributed by atoms with E-state index in [1.54, 1.807) is 10.9 Å². The Bertz CT molecular complexity index is 560. The van der Waals surface area contributed by atoms with Gasteiger partial charge in [-0.1, -0.05) is 0 Å². The quantitative estimate of drug-likeness (QED) is 0.868. The predicted octanol–water partition coefficient (Wildman–Crippen LogP) is 1.47. The Labute approximate surface area is 106 Å². The Kier molecular flexibility index (Phi) is 2.83. The second kappa shape index (κ2) is 4.49. The van der Waals surface area contributed by atoms with E-state index in [4.69, 9.17) is 4.98 Å². The maximum absolute atomic E-state index is 4.69. The van der Waals surface area contributed by atoms with Crippen LogP contribution >= 0.6 is 0 Å². The van der Waals surface area contributed by atoms with Gasteiger partial charge < -0.3 is 5.32 Å². The third-order valence-corrected chi connectivity index (χ3v) is 3.49. The van der Waals surface area contributed by atoms with Gasteiger partial charge in [-0.3, -0.25) is 4.68 Å². The number of rotatable bonds is 2. The van der Waals surface area contributed by atoms with Gasteiger partial charge in [0.1, 0.15) is 0 Å². The Hall–Kier alpha value is -1.75. The Balaban J connectivity index is 2.00. The van der Waals surface area contributed by atoms with Crippen molar-refractivity contribution in [2.75, 3.05) is 7.05 Å². The first kappa shape index (κ1) is 11.3. The van der Waals surface area contributed by atoms with Gasteiger partial charge in [-0.25, -0.2) is 9.97 Å². The molecule has 1 atom stereocenters. The van der Waals surface area contributed by atoms with Crippen molar-refractivity contribution in [2.45, 2.75) is 25.3 Å². The van der Waals surface area contributed by atoms with Crippen molar-refractivity contribution in [2.24, 2.45) is 7.05 Å². The van der Waals surface area contributed by atoms with E-state index in [2.05, 4.69) is 15.4 Å². The van der Waals surface area contributed by atoms with Crippen molar-refractivity contribution in [3.05, 3.63) is 29.8 Å². The van der Waals surface area contributed by atoms with E-state index in [9.17, 15) is 0 Å². The van der Waals surface area contributed by atoms with E-state index in [0.29, 0.717) is 6.04 Å². The third kappa shape index (κ3) is 1.90. The van der Waals surface area contributed by atoms with Crippen LogP contribution in [0, 0.1) is 0 Å². The largest absolute Gasteiger partial charge is 0.313 e. The van der Waals surface area contributed by atoms with Crippen LogP contribution in [0.5, 0.6) is 0 Å². The standard InChI is InChI=1S/C13H17N5/c1-14-11-4-3-5-12-10(11)7-15-13(17-12)9-6-16-18(2)8-9/h6-8,11,14H,3-5H2,1-2H3. The van der Waals surface area contributed by atoms with Crippen molar-refractivity contribution in [1.82, 2.24) is 25.1 Å². The SMILES string of the molecule is CNC1CCCc2nc(-c3cnn(C)c3)ncc21. The van der Waals surface area contributed by atoms with Crippen LogP contribution in [-0.4, -0.2) is 26.8 Å². The molecule has 2 aromatic rings. The molecule has 0 fully saturated rings. The van der Waals surface area contributed by atoms with Crippen LogP contribution in [0.25, 0.3) is 11.4 Å². The van der Waals surface area contributed by atoms with Crippen LogP contribution < -0.4 is 5.32 Å². The van der Waals surface area contributed by atoms with Crippen LogP contribution in [-0.2, 0) is 13.5 Å². The lowest BCUT2D eigenvalue weighted by molar-refractivity contribution is 0.488. The first-order valence-electron chi connectivity index (χ1n) is 6.30. The molecule has 2 aromatic heterocycles. The Morgan fingerprint density at radius 2 is 2.28 bits per heavy atom. The second-order valence-corrected chi connectivity index (χ2v) is 4.73. The highest BCUT2D eigenvalue weighted by molar-refractivity contribution is 5.52. The number of aryl methyl sites for hydroxylation is 2. The van der Waals surface area contributed by atoms with Crippen LogP contribution in [0.3, 0.4) is 0 Å². The molecule has 0 amide bonds. The van der Waals surface area contributed by atoms with Crippen LogP contribution in [0.2, 0.25) is 0 Å². The normalized spacial score (nSPS) is 18.7. The summed E-state index contributed by atoms with van der Waals surface area (Å²) >= 11 is 0. The van der Waals surface area contributed by atoms with E-state index in [1.165, 1.54) is 24.1 Å². The predicted molar refractivity (Wildman–Crippen MR) is 69.0 cm³/mol. The summed E-state index contributed by atoms with van der Waals surface area (Å²) in [5, 5.41) is 7.49. The molecular weight excluding hydrogens is 226 g/mol. The summed E-state index contributed by atoms with van der Waals surface area (Å²) in [7, 11) is 3.90. The summed E-state index contributed by atoms with van der Waals surface area (Å²) in [6, 6.07) is 0.400. The fourth-order valence-electron chi connectivity index (χ4n) is 2.52. The number of fused-ring (bicyclic) bond motifs is 1. The minimum absolute atomic E-state index is 0.400. The number of hydrogen-bond donors (Lipinski definition) is 1. The van der Waals surface area contributed by atoms with E-state index in [-0.39, 0.29) is 0 Å². The molecule has 0 spiro atoms. The van der Waals surface area contributed by atoms with Crippen LogP contribution in [0.1, 0.15) is 30.1 Å². The van der Waals surface area contributed by atoms with Gasteiger partial charge in [0.05, 0.1) is 11.8 Å².